The molecule has 0 fully saturated rings. The third-order valence-electron chi connectivity index (χ3n) is 4.28. The van der Waals surface area contributed by atoms with Gasteiger partial charge in [0.05, 0.1) is 22.4 Å². The maximum absolute atomic E-state index is 4.73. The van der Waals surface area contributed by atoms with Gasteiger partial charge in [-0.2, -0.15) is 0 Å². The van der Waals surface area contributed by atoms with Crippen molar-refractivity contribution in [1.29, 1.82) is 0 Å². The molecular weight excluding hydrogens is 324 g/mol. The van der Waals surface area contributed by atoms with Crippen molar-refractivity contribution < 1.29 is 0 Å². The molecule has 0 amide bonds. The van der Waals surface area contributed by atoms with E-state index in [0.29, 0.717) is 5.78 Å². The topological polar surface area (TPSA) is 68.9 Å². The lowest BCUT2D eigenvalue weighted by Crippen LogP contribution is -1.93. The molecule has 5 aromatic rings. The maximum Gasteiger partial charge on any atom is 0.234 e. The number of pyridine rings is 1. The Morgan fingerprint density at radius 1 is 0.808 bits per heavy atom. The first-order valence-corrected chi connectivity index (χ1v) is 8.28. The molecule has 0 unspecified atom stereocenters. The molecule has 0 bridgehead atoms. The third-order valence-corrected chi connectivity index (χ3v) is 4.28. The van der Waals surface area contributed by atoms with Gasteiger partial charge in [0, 0.05) is 36.0 Å². The van der Waals surface area contributed by atoms with Gasteiger partial charge in [0.2, 0.25) is 5.78 Å². The van der Waals surface area contributed by atoms with Crippen LogP contribution in [0.15, 0.2) is 67.3 Å². The summed E-state index contributed by atoms with van der Waals surface area (Å²) in [5.41, 5.74) is 6.21. The molecule has 0 saturated heterocycles. The fourth-order valence-corrected chi connectivity index (χ4v) is 3.13. The highest BCUT2D eigenvalue weighted by molar-refractivity contribution is 5.86. The molecule has 6 nitrogen and oxygen atoms in total. The molecule has 1 aromatic carbocycles. The fourth-order valence-electron chi connectivity index (χ4n) is 3.13. The van der Waals surface area contributed by atoms with E-state index in [0.717, 1.165) is 39.4 Å². The molecule has 4 aromatic heterocycles. The zero-order valence-corrected chi connectivity index (χ0v) is 14.0. The number of nitrogens with zero attached hydrogens (tertiary/aromatic N) is 6. The molecule has 0 saturated carbocycles. The van der Waals surface area contributed by atoms with E-state index >= 15 is 0 Å². The number of aromatic nitrogens is 6. The maximum atomic E-state index is 4.73. The number of hydrogen-bond acceptors (Lipinski definition) is 5. The van der Waals surface area contributed by atoms with Gasteiger partial charge in [-0.15, -0.1) is 0 Å². The molecule has 0 aliphatic heterocycles. The largest absolute Gasteiger partial charge is 0.283 e. The van der Waals surface area contributed by atoms with Crippen LogP contribution in [0.5, 0.6) is 0 Å². The smallest absolute Gasteiger partial charge is 0.234 e. The first-order chi connectivity index (χ1) is 12.8. The minimum atomic E-state index is 0.639. The van der Waals surface area contributed by atoms with Crippen molar-refractivity contribution >= 4 is 16.8 Å². The van der Waals surface area contributed by atoms with E-state index in [4.69, 9.17) is 4.98 Å². The Kier molecular flexibility index (Phi) is 3.21. The van der Waals surface area contributed by atoms with E-state index in [1.807, 2.05) is 60.0 Å². The van der Waals surface area contributed by atoms with Gasteiger partial charge in [-0.3, -0.25) is 19.4 Å². The number of benzene rings is 1. The van der Waals surface area contributed by atoms with Crippen molar-refractivity contribution in [2.45, 2.75) is 6.92 Å². The van der Waals surface area contributed by atoms with Gasteiger partial charge in [0.25, 0.3) is 0 Å². The molecule has 0 N–H and O–H groups in total. The van der Waals surface area contributed by atoms with Gasteiger partial charge in [-0.25, -0.2) is 9.97 Å². The van der Waals surface area contributed by atoms with Gasteiger partial charge in [0.15, 0.2) is 0 Å². The van der Waals surface area contributed by atoms with Crippen molar-refractivity contribution in [2.24, 2.45) is 0 Å². The van der Waals surface area contributed by atoms with Crippen LogP contribution in [0.1, 0.15) is 5.69 Å². The first kappa shape index (κ1) is 14.7. The summed E-state index contributed by atoms with van der Waals surface area (Å²) in [4.78, 5) is 22.6. The summed E-state index contributed by atoms with van der Waals surface area (Å²) < 4.78 is 1.98. The van der Waals surface area contributed by atoms with Crippen molar-refractivity contribution in [3.63, 3.8) is 0 Å². The van der Waals surface area contributed by atoms with Crippen molar-refractivity contribution in [3.8, 4) is 22.6 Å². The van der Waals surface area contributed by atoms with Crippen LogP contribution in [0, 0.1) is 6.92 Å². The number of fused-ring (bicyclic) bond motifs is 2. The number of rotatable bonds is 2. The summed E-state index contributed by atoms with van der Waals surface area (Å²) >= 11 is 0. The van der Waals surface area contributed by atoms with E-state index in [9.17, 15) is 0 Å². The second kappa shape index (κ2) is 5.70. The Hall–Kier alpha value is -3.67. The molecule has 0 atom stereocenters. The zero-order chi connectivity index (χ0) is 17.5. The monoisotopic (exact) mass is 338 g/mol. The van der Waals surface area contributed by atoms with Crippen LogP contribution in [0.4, 0.5) is 0 Å². The van der Waals surface area contributed by atoms with Crippen molar-refractivity contribution in [2.75, 3.05) is 0 Å². The number of hydrogen-bond donors (Lipinski definition) is 0. The van der Waals surface area contributed by atoms with Crippen LogP contribution in [0.2, 0.25) is 0 Å². The second-order valence-electron chi connectivity index (χ2n) is 6.02. The zero-order valence-electron chi connectivity index (χ0n) is 14.0. The Morgan fingerprint density at radius 2 is 1.69 bits per heavy atom. The number of imidazole rings is 1. The number of aryl methyl sites for hydroxylation is 1. The third kappa shape index (κ3) is 2.31. The molecule has 0 aliphatic rings. The summed E-state index contributed by atoms with van der Waals surface area (Å²) in [6.45, 7) is 1.98. The fraction of sp³-hybridized carbons (Fsp3) is 0.0500. The molecule has 6 heteroatoms. The highest BCUT2D eigenvalue weighted by atomic mass is 15.1. The van der Waals surface area contributed by atoms with Gasteiger partial charge in [-0.1, -0.05) is 12.1 Å². The van der Waals surface area contributed by atoms with Crippen LogP contribution in [0.3, 0.4) is 0 Å². The normalized spacial score (nSPS) is 11.3. The Bertz CT molecular complexity index is 1260. The van der Waals surface area contributed by atoms with Gasteiger partial charge >= 0.3 is 0 Å². The van der Waals surface area contributed by atoms with Crippen LogP contribution in [-0.4, -0.2) is 29.3 Å². The van der Waals surface area contributed by atoms with Crippen molar-refractivity contribution in [3.05, 3.63) is 72.9 Å². The Labute approximate surface area is 149 Å². The van der Waals surface area contributed by atoms with E-state index in [1.165, 1.54) is 0 Å². The van der Waals surface area contributed by atoms with Crippen LogP contribution >= 0.6 is 0 Å². The van der Waals surface area contributed by atoms with E-state index in [2.05, 4.69) is 19.9 Å². The first-order valence-electron chi connectivity index (χ1n) is 8.28. The van der Waals surface area contributed by atoms with Crippen LogP contribution < -0.4 is 0 Å². The van der Waals surface area contributed by atoms with Crippen LogP contribution in [0.25, 0.3) is 39.5 Å². The van der Waals surface area contributed by atoms with Gasteiger partial charge < -0.3 is 0 Å². The van der Waals surface area contributed by atoms with E-state index in [-0.39, 0.29) is 0 Å². The highest BCUT2D eigenvalue weighted by Crippen LogP contribution is 2.32. The quantitative estimate of drug-likeness (QED) is 0.491. The molecule has 26 heavy (non-hydrogen) atoms. The molecule has 124 valence electrons. The summed E-state index contributed by atoms with van der Waals surface area (Å²) in [5, 5.41) is 0. The molecule has 4 heterocycles. The SMILES string of the molecule is Cc1cccc(-c2nc3ncccn3c2-c2ccc3nccnc3c2)n1. The van der Waals surface area contributed by atoms with Crippen LogP contribution in [-0.2, 0) is 0 Å². The van der Waals surface area contributed by atoms with E-state index < -0.39 is 0 Å². The standard InChI is InChI=1S/C20H14N6/c1-13-4-2-5-16(24-13)18-19(26-11-3-8-23-20(26)25-18)14-6-7-15-17(12-14)22-10-9-21-15/h2-12H,1H3. The van der Waals surface area contributed by atoms with Gasteiger partial charge in [0.1, 0.15) is 5.69 Å². The minimum absolute atomic E-state index is 0.639. The average Bonchev–Trinajstić information content (AvgIpc) is 3.07. The lowest BCUT2D eigenvalue weighted by molar-refractivity contribution is 1.11. The summed E-state index contributed by atoms with van der Waals surface area (Å²) in [6, 6.07) is 13.9. The summed E-state index contributed by atoms with van der Waals surface area (Å²) in [6.07, 6.45) is 7.10. The van der Waals surface area contributed by atoms with Gasteiger partial charge in [-0.05, 0) is 37.3 Å². The summed E-state index contributed by atoms with van der Waals surface area (Å²) in [5.74, 6) is 0.639. The molecule has 0 spiro atoms. The Morgan fingerprint density at radius 3 is 2.58 bits per heavy atom. The average molecular weight is 338 g/mol. The molecule has 5 rings (SSSR count). The minimum Gasteiger partial charge on any atom is -0.283 e. The molecule has 0 radical (unpaired) electrons. The van der Waals surface area contributed by atoms with Crippen molar-refractivity contribution in [1.82, 2.24) is 29.3 Å². The highest BCUT2D eigenvalue weighted by Gasteiger charge is 2.18. The summed E-state index contributed by atoms with van der Waals surface area (Å²) in [7, 11) is 0. The van der Waals surface area contributed by atoms with E-state index in [1.54, 1.807) is 18.6 Å². The second-order valence-corrected chi connectivity index (χ2v) is 6.02. The predicted octanol–water partition coefficient (Wildman–Crippen LogP) is 3.71. The predicted molar refractivity (Wildman–Crippen MR) is 99.5 cm³/mol. The molecular formula is C20H14N6. The lowest BCUT2D eigenvalue weighted by Gasteiger charge is -2.06. The Balaban J connectivity index is 1.83. The molecule has 0 aliphatic carbocycles. The lowest BCUT2D eigenvalue weighted by atomic mass is 10.1.